The van der Waals surface area contributed by atoms with E-state index in [1.165, 1.54) is 0 Å². The van der Waals surface area contributed by atoms with Crippen molar-refractivity contribution >= 4 is 17.4 Å². The number of ether oxygens (including phenoxy) is 1. The zero-order chi connectivity index (χ0) is 13.8. The Morgan fingerprint density at radius 3 is 2.42 bits per heavy atom. The fourth-order valence-electron chi connectivity index (χ4n) is 1.77. The Balaban J connectivity index is 2.07. The van der Waals surface area contributed by atoms with Gasteiger partial charge in [0.25, 0.3) is 0 Å². The zero-order valence-electron chi connectivity index (χ0n) is 10.9. The maximum atomic E-state index is 11.3. The van der Waals surface area contributed by atoms with E-state index in [1.54, 1.807) is 13.0 Å². The van der Waals surface area contributed by atoms with E-state index in [9.17, 15) is 4.79 Å². The molecule has 0 N–H and O–H groups in total. The van der Waals surface area contributed by atoms with Gasteiger partial charge in [-0.3, -0.25) is 4.79 Å². The van der Waals surface area contributed by atoms with Gasteiger partial charge in [-0.1, -0.05) is 23.7 Å². The van der Waals surface area contributed by atoms with Gasteiger partial charge in [0.1, 0.15) is 12.4 Å². The minimum absolute atomic E-state index is 0.0624. The van der Waals surface area contributed by atoms with Crippen LogP contribution in [0, 0.1) is 6.92 Å². The van der Waals surface area contributed by atoms with E-state index in [1.807, 2.05) is 43.3 Å². The van der Waals surface area contributed by atoms with Gasteiger partial charge in [0.15, 0.2) is 5.78 Å². The molecule has 0 aromatic heterocycles. The molecule has 2 nitrogen and oxygen atoms in total. The molecule has 0 spiro atoms. The summed E-state index contributed by atoms with van der Waals surface area (Å²) in [6.07, 6.45) is 0. The van der Waals surface area contributed by atoms with Crippen LogP contribution in [0.5, 0.6) is 5.75 Å². The number of carbonyl (C=O) groups excluding carboxylic acids is 1. The van der Waals surface area contributed by atoms with Crippen molar-refractivity contribution in [1.29, 1.82) is 0 Å². The number of Topliss-reactive ketones (excluding diaryl/α,β-unsaturated/α-hetero) is 1. The molecule has 0 unspecified atom stereocenters. The van der Waals surface area contributed by atoms with Gasteiger partial charge >= 0.3 is 0 Å². The Morgan fingerprint density at radius 1 is 1.16 bits per heavy atom. The van der Waals surface area contributed by atoms with Gasteiger partial charge in [-0.15, -0.1) is 0 Å². The third kappa shape index (κ3) is 3.58. The van der Waals surface area contributed by atoms with Crippen LogP contribution in [0.2, 0.25) is 5.02 Å². The lowest BCUT2D eigenvalue weighted by Gasteiger charge is -2.10. The van der Waals surface area contributed by atoms with Crippen molar-refractivity contribution in [3.05, 3.63) is 64.2 Å². The molecule has 0 atom stereocenters. The smallest absolute Gasteiger partial charge is 0.159 e. The first-order chi connectivity index (χ1) is 9.06. The molecular weight excluding hydrogens is 260 g/mol. The van der Waals surface area contributed by atoms with Crippen LogP contribution >= 0.6 is 11.6 Å². The fraction of sp³-hybridized carbons (Fsp3) is 0.188. The van der Waals surface area contributed by atoms with Crippen LogP contribution in [-0.2, 0) is 6.61 Å². The quantitative estimate of drug-likeness (QED) is 0.771. The molecule has 2 aromatic rings. The monoisotopic (exact) mass is 274 g/mol. The van der Waals surface area contributed by atoms with Crippen molar-refractivity contribution in [1.82, 2.24) is 0 Å². The van der Waals surface area contributed by atoms with E-state index in [0.717, 1.165) is 16.9 Å². The van der Waals surface area contributed by atoms with Crippen LogP contribution in [0.1, 0.15) is 28.4 Å². The van der Waals surface area contributed by atoms with Gasteiger partial charge in [0.05, 0.1) is 0 Å². The Hall–Kier alpha value is -1.80. The van der Waals surface area contributed by atoms with Crippen LogP contribution < -0.4 is 4.74 Å². The minimum atomic E-state index is 0.0624. The zero-order valence-corrected chi connectivity index (χ0v) is 11.7. The summed E-state index contributed by atoms with van der Waals surface area (Å²) >= 11 is 5.83. The van der Waals surface area contributed by atoms with E-state index in [4.69, 9.17) is 16.3 Å². The average Bonchev–Trinajstić information content (AvgIpc) is 2.39. The molecule has 98 valence electrons. The summed E-state index contributed by atoms with van der Waals surface area (Å²) in [6, 6.07) is 13.0. The topological polar surface area (TPSA) is 26.3 Å². The Kier molecular flexibility index (Phi) is 4.23. The fourth-order valence-corrected chi connectivity index (χ4v) is 1.90. The second-order valence-electron chi connectivity index (χ2n) is 4.45. The third-order valence-corrected chi connectivity index (χ3v) is 3.14. The Bertz CT molecular complexity index is 588. The second-order valence-corrected chi connectivity index (χ2v) is 4.89. The lowest BCUT2D eigenvalue weighted by atomic mass is 10.1. The number of carbonyl (C=O) groups is 1. The van der Waals surface area contributed by atoms with Crippen LogP contribution in [-0.4, -0.2) is 5.78 Å². The van der Waals surface area contributed by atoms with Gasteiger partial charge in [-0.25, -0.2) is 0 Å². The lowest BCUT2D eigenvalue weighted by Crippen LogP contribution is -1.99. The van der Waals surface area contributed by atoms with Crippen LogP contribution in [0.4, 0.5) is 0 Å². The molecule has 0 fully saturated rings. The summed E-state index contributed by atoms with van der Waals surface area (Å²) in [5.41, 5.74) is 2.72. The molecule has 0 bridgehead atoms. The molecule has 0 radical (unpaired) electrons. The van der Waals surface area contributed by atoms with E-state index in [2.05, 4.69) is 0 Å². The van der Waals surface area contributed by atoms with Gasteiger partial charge in [0, 0.05) is 10.6 Å². The predicted octanol–water partition coefficient (Wildman–Crippen LogP) is 4.43. The third-order valence-electron chi connectivity index (χ3n) is 2.89. The highest BCUT2D eigenvalue weighted by molar-refractivity contribution is 6.30. The molecule has 2 aromatic carbocycles. The maximum Gasteiger partial charge on any atom is 0.159 e. The minimum Gasteiger partial charge on any atom is -0.489 e. The first-order valence-corrected chi connectivity index (χ1v) is 6.43. The molecule has 0 saturated heterocycles. The maximum absolute atomic E-state index is 11.3. The number of hydrogen-bond acceptors (Lipinski definition) is 2. The molecule has 0 aliphatic rings. The number of ketones is 1. The van der Waals surface area contributed by atoms with Crippen molar-refractivity contribution in [3.63, 3.8) is 0 Å². The number of rotatable bonds is 4. The first kappa shape index (κ1) is 13.6. The molecule has 19 heavy (non-hydrogen) atoms. The Morgan fingerprint density at radius 2 is 1.84 bits per heavy atom. The highest BCUT2D eigenvalue weighted by atomic mass is 35.5. The standard InChI is InChI=1S/C16H15ClO2/c1-11-9-14(12(2)18)5-8-16(11)19-10-13-3-6-15(17)7-4-13/h3-9H,10H2,1-2H3. The molecule has 0 aliphatic carbocycles. The molecule has 0 aliphatic heterocycles. The van der Waals surface area contributed by atoms with Crippen molar-refractivity contribution in [2.45, 2.75) is 20.5 Å². The molecule has 3 heteroatoms. The number of hydrogen-bond donors (Lipinski definition) is 0. The second kappa shape index (κ2) is 5.89. The van der Waals surface area contributed by atoms with Gasteiger partial charge < -0.3 is 4.74 Å². The van der Waals surface area contributed by atoms with E-state index < -0.39 is 0 Å². The number of aryl methyl sites for hydroxylation is 1. The Labute approximate surface area is 118 Å². The van der Waals surface area contributed by atoms with Crippen LogP contribution in [0.25, 0.3) is 0 Å². The summed E-state index contributed by atoms with van der Waals surface area (Å²) < 4.78 is 5.74. The SMILES string of the molecule is CC(=O)c1ccc(OCc2ccc(Cl)cc2)c(C)c1. The van der Waals surface area contributed by atoms with Crippen molar-refractivity contribution in [2.24, 2.45) is 0 Å². The lowest BCUT2D eigenvalue weighted by molar-refractivity contribution is 0.101. The molecular formula is C16H15ClO2. The highest BCUT2D eigenvalue weighted by Crippen LogP contribution is 2.21. The summed E-state index contributed by atoms with van der Waals surface area (Å²) in [6.45, 7) is 3.98. The summed E-state index contributed by atoms with van der Waals surface area (Å²) in [5.74, 6) is 0.854. The van der Waals surface area contributed by atoms with Crippen molar-refractivity contribution < 1.29 is 9.53 Å². The van der Waals surface area contributed by atoms with Crippen LogP contribution in [0.15, 0.2) is 42.5 Å². The largest absolute Gasteiger partial charge is 0.489 e. The van der Waals surface area contributed by atoms with Gasteiger partial charge in [0.2, 0.25) is 0 Å². The summed E-state index contributed by atoms with van der Waals surface area (Å²) in [5, 5.41) is 0.714. The van der Waals surface area contributed by atoms with E-state index in [-0.39, 0.29) is 5.78 Å². The van der Waals surface area contributed by atoms with Gasteiger partial charge in [-0.05, 0) is 55.3 Å². The van der Waals surface area contributed by atoms with Crippen molar-refractivity contribution in [3.8, 4) is 5.75 Å². The summed E-state index contributed by atoms with van der Waals surface area (Å²) in [4.78, 5) is 11.3. The first-order valence-electron chi connectivity index (χ1n) is 6.05. The van der Waals surface area contributed by atoms with Crippen LogP contribution in [0.3, 0.4) is 0 Å². The summed E-state index contributed by atoms with van der Waals surface area (Å²) in [7, 11) is 0. The molecule has 2 rings (SSSR count). The highest BCUT2D eigenvalue weighted by Gasteiger charge is 2.04. The van der Waals surface area contributed by atoms with Gasteiger partial charge in [-0.2, -0.15) is 0 Å². The normalized spacial score (nSPS) is 10.3. The average molecular weight is 275 g/mol. The van der Waals surface area contributed by atoms with Crippen molar-refractivity contribution in [2.75, 3.05) is 0 Å². The molecule has 0 saturated carbocycles. The predicted molar refractivity (Wildman–Crippen MR) is 77.0 cm³/mol. The van der Waals surface area contributed by atoms with E-state index in [0.29, 0.717) is 17.2 Å². The molecule has 0 heterocycles. The molecule has 0 amide bonds. The number of benzene rings is 2. The number of halogens is 1. The van der Waals surface area contributed by atoms with E-state index >= 15 is 0 Å².